The second-order valence-electron chi connectivity index (χ2n) is 24.5. The molecule has 0 unspecified atom stereocenters. The summed E-state index contributed by atoms with van der Waals surface area (Å²) in [6, 6.07) is 70.9. The first-order valence-corrected chi connectivity index (χ1v) is 36.1. The van der Waals surface area contributed by atoms with E-state index in [1.807, 2.05) is 48.5 Å². The van der Waals surface area contributed by atoms with Crippen molar-refractivity contribution >= 4 is 51.6 Å². The van der Waals surface area contributed by atoms with E-state index in [4.69, 9.17) is 36.2 Å². The lowest BCUT2D eigenvalue weighted by Crippen LogP contribution is -2.32. The van der Waals surface area contributed by atoms with Gasteiger partial charge in [0.05, 0.1) is 42.9 Å². The van der Waals surface area contributed by atoms with Crippen molar-refractivity contribution in [2.24, 2.45) is 0 Å². The minimum atomic E-state index is -4.67. The number of H-pyrrole nitrogens is 4. The minimum absolute atomic E-state index is 0.00500. The van der Waals surface area contributed by atoms with Gasteiger partial charge in [-0.15, -0.1) is 0 Å². The highest BCUT2D eigenvalue weighted by Gasteiger charge is 2.48. The van der Waals surface area contributed by atoms with E-state index in [1.54, 1.807) is 170 Å². The second kappa shape index (κ2) is 19.9. The molecule has 92 heavy (non-hydrogen) atoms. The van der Waals surface area contributed by atoms with E-state index >= 15 is 18.3 Å². The molecule has 0 aliphatic carbocycles. The zero-order valence-corrected chi connectivity index (χ0v) is 53.4. The molecule has 0 radical (unpaired) electrons. The van der Waals surface area contributed by atoms with E-state index in [0.717, 1.165) is 0 Å². The van der Waals surface area contributed by atoms with Gasteiger partial charge in [-0.05, 0) is 196 Å². The van der Waals surface area contributed by atoms with Gasteiger partial charge < -0.3 is 56.1 Å². The molecule has 0 spiro atoms. The molecule has 4 N–H and O–H groups in total. The Bertz CT molecular complexity index is 4370. The Labute approximate surface area is 529 Å². The fourth-order valence-electron chi connectivity index (χ4n) is 13.6. The highest BCUT2D eigenvalue weighted by Crippen LogP contribution is 2.60. The highest BCUT2D eigenvalue weighted by molar-refractivity contribution is 7.64. The van der Waals surface area contributed by atoms with Gasteiger partial charge in [-0.2, -0.15) is 0 Å². The lowest BCUT2D eigenvalue weighted by atomic mass is 9.75. The molecule has 4 aromatic heterocycles. The molecule has 0 fully saturated rings. The summed E-state index contributed by atoms with van der Waals surface area (Å²) in [6.45, 7) is 8.23. The van der Waals surface area contributed by atoms with Crippen LogP contribution >= 0.6 is 30.4 Å². The number of aromatic nitrogens is 4. The molecule has 9 heterocycles. The van der Waals surface area contributed by atoms with Crippen molar-refractivity contribution in [3.8, 4) is 46.0 Å². The molecule has 5 aliphatic rings. The molecule has 17 rings (SSSR count). The molecule has 20 heteroatoms. The standard InChI is InChI=1S/C72H56N4O12P4/c1-69-45-33-49-41-50(34-45)82-90(78,58-19-11-6-12-20-58)84-52-36-47-38-54(43-52)86-92(80,60-23-15-8-16-24-60)88-56-40-48-39-55(44-56)87-91(79,59-21-13-7-14-22-59)85-53-37-46(35-51(42-53)83-89(77,81-49)57-17-9-5-10-18-57)70(2,63-27-25-61(69)73-63)65-29-31-67(75-65)72(48,4)68-32-30-66(76-68)71(47,3)64-28-26-62(69)74-64/h5-44,73-76H,1-4H3. The third-order valence-corrected chi connectivity index (χ3v) is 26.3. The predicted molar refractivity (Wildman–Crippen MR) is 351 cm³/mol. The van der Waals surface area contributed by atoms with Gasteiger partial charge in [0.15, 0.2) is 0 Å². The first-order chi connectivity index (χ1) is 44.3. The van der Waals surface area contributed by atoms with Gasteiger partial charge in [-0.1, -0.05) is 72.8 Å². The normalized spacial score (nSPS) is 26.8. The van der Waals surface area contributed by atoms with Gasteiger partial charge in [-0.3, -0.25) is 0 Å². The Hall–Kier alpha value is -9.80. The molecule has 456 valence electrons. The van der Waals surface area contributed by atoms with Crippen LogP contribution in [0, 0.1) is 0 Å². The van der Waals surface area contributed by atoms with E-state index in [0.29, 0.717) is 67.8 Å². The molecule has 0 saturated heterocycles. The van der Waals surface area contributed by atoms with Crippen molar-refractivity contribution in [3.63, 3.8) is 0 Å². The number of benzene rings is 8. The zero-order chi connectivity index (χ0) is 62.6. The predicted octanol–water partition coefficient (Wildman–Crippen LogP) is 15.9. The van der Waals surface area contributed by atoms with Crippen LogP contribution in [0.25, 0.3) is 0 Å². The fraction of sp³-hybridized carbons (Fsp3) is 0.111. The fourth-order valence-corrected chi connectivity index (χ4v) is 19.9. The Morgan fingerprint density at radius 3 is 0.533 bits per heavy atom. The highest BCUT2D eigenvalue weighted by atomic mass is 31.2. The van der Waals surface area contributed by atoms with Gasteiger partial charge in [0, 0.05) is 69.8 Å². The van der Waals surface area contributed by atoms with Crippen molar-refractivity contribution in [1.82, 2.24) is 19.9 Å². The van der Waals surface area contributed by atoms with Crippen LogP contribution in [-0.2, 0) is 39.9 Å². The largest absolute Gasteiger partial charge is 0.462 e. The number of rotatable bonds is 4. The maximum Gasteiger partial charge on any atom is 0.462 e. The molecule has 0 atom stereocenters. The Balaban J connectivity index is 1.08. The summed E-state index contributed by atoms with van der Waals surface area (Å²) in [5, 5.41) is 0.735. The lowest BCUT2D eigenvalue weighted by molar-refractivity contribution is 0.386. The zero-order valence-electron chi connectivity index (χ0n) is 49.8. The SMILES string of the molecule is CC12c3cc4cc(c3)OP(=O)(c3ccccc3)Oc3cc5cc(c3)C(C)(c3ccc1[nH]3)c1ccc([nH]1)C1(C)c3cc(cc(c3)OP(=O)(c3ccccc3)O5)OP(=O)(c3ccccc3)Oc3cc(cc(c3)C(C)(c3ccc2[nH]3)c2ccc1[nH]2)OP(=O)(c1ccccc1)O4. The van der Waals surface area contributed by atoms with Crippen LogP contribution in [-0.4, -0.2) is 19.9 Å². The second-order valence-corrected chi connectivity index (χ2v) is 32.0. The quantitative estimate of drug-likeness (QED) is 0.122. The summed E-state index contributed by atoms with van der Waals surface area (Å²) < 4.78 is 123. The van der Waals surface area contributed by atoms with Crippen molar-refractivity contribution < 1.29 is 54.5 Å². The van der Waals surface area contributed by atoms with Gasteiger partial charge in [-0.25, -0.2) is 18.3 Å². The Morgan fingerprint density at radius 2 is 0.380 bits per heavy atom. The van der Waals surface area contributed by atoms with Crippen LogP contribution in [0.4, 0.5) is 0 Å². The molecule has 16 nitrogen and oxygen atoms in total. The molecule has 0 amide bonds. The topological polar surface area (TPSA) is 205 Å². The van der Waals surface area contributed by atoms with Gasteiger partial charge >= 0.3 is 30.4 Å². The van der Waals surface area contributed by atoms with Crippen LogP contribution in [0.5, 0.6) is 46.0 Å². The summed E-state index contributed by atoms with van der Waals surface area (Å²) in [5.41, 5.74) is 2.59. The monoisotopic (exact) mass is 1290 g/mol. The van der Waals surface area contributed by atoms with Gasteiger partial charge in [0.25, 0.3) is 0 Å². The van der Waals surface area contributed by atoms with E-state index in [2.05, 4.69) is 47.6 Å². The van der Waals surface area contributed by atoms with Gasteiger partial charge in [0.2, 0.25) is 0 Å². The molecule has 8 aromatic carbocycles. The molecule has 0 saturated carbocycles. The summed E-state index contributed by atoms with van der Waals surface area (Å²) >= 11 is 0. The average molecular weight is 1290 g/mol. The number of fused-ring (bicyclic) bond motifs is 14. The molecule has 12 aromatic rings. The van der Waals surface area contributed by atoms with Crippen molar-refractivity contribution in [3.05, 3.63) is 310 Å². The van der Waals surface area contributed by atoms with E-state index < -0.39 is 52.0 Å². The molecular weight excluding hydrogens is 1240 g/mol. The minimum Gasteiger partial charge on any atom is -0.413 e. The average Bonchev–Trinajstić information content (AvgIpc) is 1.49. The number of nitrogens with one attached hydrogen (secondary N) is 4. The number of aromatic amines is 4. The third-order valence-electron chi connectivity index (χ3n) is 19.0. The smallest absolute Gasteiger partial charge is 0.413 e. The molecular formula is C72H56N4O12P4. The van der Waals surface area contributed by atoms with Crippen molar-refractivity contribution in [2.75, 3.05) is 0 Å². The van der Waals surface area contributed by atoms with Crippen LogP contribution in [0.2, 0.25) is 0 Å². The maximum atomic E-state index is 16.7. The first-order valence-electron chi connectivity index (χ1n) is 29.9. The lowest BCUT2D eigenvalue weighted by Gasteiger charge is -2.36. The number of hydrogen-bond acceptors (Lipinski definition) is 12. The van der Waals surface area contributed by atoms with Crippen LogP contribution in [0.3, 0.4) is 0 Å². The molecule has 24 bridgehead atoms. The summed E-state index contributed by atoms with van der Waals surface area (Å²) in [4.78, 5) is 15.9. The summed E-state index contributed by atoms with van der Waals surface area (Å²) in [5.74, 6) is 0.0400. The van der Waals surface area contributed by atoms with E-state index in [1.165, 1.54) is 24.3 Å². The number of hydrogen-bond donors (Lipinski definition) is 4. The van der Waals surface area contributed by atoms with Crippen LogP contribution in [0.1, 0.15) is 95.5 Å². The van der Waals surface area contributed by atoms with Crippen molar-refractivity contribution in [2.45, 2.75) is 49.4 Å². The van der Waals surface area contributed by atoms with E-state index in [9.17, 15) is 0 Å². The van der Waals surface area contributed by atoms with Crippen molar-refractivity contribution in [1.29, 1.82) is 0 Å². The summed E-state index contributed by atoms with van der Waals surface area (Å²) in [7, 11) is -18.7. The molecule has 5 aliphatic heterocycles. The third kappa shape index (κ3) is 8.58. The van der Waals surface area contributed by atoms with Crippen LogP contribution < -0.4 is 57.4 Å². The summed E-state index contributed by atoms with van der Waals surface area (Å²) in [6.07, 6.45) is 0. The Morgan fingerprint density at radius 1 is 0.228 bits per heavy atom. The van der Waals surface area contributed by atoms with E-state index in [-0.39, 0.29) is 67.2 Å². The Kier molecular flexibility index (Phi) is 12.1. The first kappa shape index (κ1) is 56.2. The van der Waals surface area contributed by atoms with Crippen LogP contribution in [0.15, 0.2) is 243 Å². The maximum absolute atomic E-state index is 16.7. The van der Waals surface area contributed by atoms with Gasteiger partial charge in [0.1, 0.15) is 46.0 Å².